The first-order valence-electron chi connectivity index (χ1n) is 8.75. The Morgan fingerprint density at radius 3 is 2.22 bits per heavy atom. The zero-order valence-electron chi connectivity index (χ0n) is 16.3. The summed E-state index contributed by atoms with van der Waals surface area (Å²) in [5.74, 6) is -0.00576. The van der Waals surface area contributed by atoms with Gasteiger partial charge in [-0.3, -0.25) is 4.79 Å². The fourth-order valence-corrected chi connectivity index (χ4v) is 2.21. The average Bonchev–Trinajstić information content (AvgIpc) is 2.54. The molecule has 0 bridgehead atoms. The van der Waals surface area contributed by atoms with E-state index >= 15 is 0 Å². The maximum absolute atomic E-state index is 12.2. The number of anilines is 1. The van der Waals surface area contributed by atoms with Gasteiger partial charge in [0.2, 0.25) is 12.3 Å². The van der Waals surface area contributed by atoms with E-state index in [1.54, 1.807) is 4.90 Å². The van der Waals surface area contributed by atoms with Crippen LogP contribution in [-0.2, 0) is 4.79 Å². The third-order valence-electron chi connectivity index (χ3n) is 3.46. The molecule has 0 unspecified atom stereocenters. The summed E-state index contributed by atoms with van der Waals surface area (Å²) in [7, 11) is 0. The molecule has 0 atom stereocenters. The topological polar surface area (TPSA) is 87.6 Å². The van der Waals surface area contributed by atoms with Gasteiger partial charge in [0.1, 0.15) is 17.9 Å². The second-order valence-corrected chi connectivity index (χ2v) is 6.02. The first-order chi connectivity index (χ1) is 14.7. The number of halogens is 8. The number of nitrogens with zero attached hydrogens (tertiary/aromatic N) is 3. The molecule has 0 radical (unpaired) electrons. The summed E-state index contributed by atoms with van der Waals surface area (Å²) in [6.07, 6.45) is -9.70. The highest BCUT2D eigenvalue weighted by Gasteiger charge is 2.31. The van der Waals surface area contributed by atoms with Gasteiger partial charge < -0.3 is 20.1 Å². The predicted octanol–water partition coefficient (Wildman–Crippen LogP) is 3.94. The van der Waals surface area contributed by atoms with Crippen molar-refractivity contribution < 1.29 is 49.8 Å². The number of likely N-dealkylation sites (tertiary alicyclic amines) is 1. The van der Waals surface area contributed by atoms with Gasteiger partial charge in [-0.15, -0.1) is 26.3 Å². The van der Waals surface area contributed by atoms with Gasteiger partial charge in [0.05, 0.1) is 12.1 Å². The number of aromatic nitrogens is 2. The van der Waals surface area contributed by atoms with E-state index in [4.69, 9.17) is 5.11 Å². The van der Waals surface area contributed by atoms with E-state index in [0.29, 0.717) is 16.7 Å². The Bertz CT molecular complexity index is 864. The number of amides is 1. The van der Waals surface area contributed by atoms with Crippen molar-refractivity contribution in [1.29, 1.82) is 0 Å². The maximum Gasteiger partial charge on any atom is 0.573 e. The van der Waals surface area contributed by atoms with Gasteiger partial charge in [0.25, 0.3) is 0 Å². The van der Waals surface area contributed by atoms with Gasteiger partial charge in [-0.1, -0.05) is 0 Å². The minimum Gasteiger partial charge on any atom is -0.406 e. The molecule has 0 saturated carbocycles. The van der Waals surface area contributed by atoms with Crippen LogP contribution in [-0.4, -0.2) is 64.7 Å². The monoisotopic (exact) mass is 478 g/mol. The second kappa shape index (κ2) is 11.6. The molecule has 0 aliphatic carbocycles. The van der Waals surface area contributed by atoms with Crippen LogP contribution in [0.2, 0.25) is 0 Å². The SMILES string of the molecule is CC(F)F.O=C(CNc1ncnc2cc(OC(F)(F)F)ccc12)N1CCC1.OC(F)(F)F. The molecule has 2 N–H and O–H groups in total. The Hall–Kier alpha value is -2.97. The van der Waals surface area contributed by atoms with Gasteiger partial charge >= 0.3 is 12.7 Å². The van der Waals surface area contributed by atoms with E-state index in [9.17, 15) is 39.9 Å². The Morgan fingerprint density at radius 1 is 1.19 bits per heavy atom. The normalized spacial score (nSPS) is 13.4. The first kappa shape index (κ1) is 27.1. The van der Waals surface area contributed by atoms with E-state index in [1.807, 2.05) is 0 Å². The summed E-state index contributed by atoms with van der Waals surface area (Å²) in [4.78, 5) is 21.5. The van der Waals surface area contributed by atoms with Gasteiger partial charge in [0.15, 0.2) is 0 Å². The van der Waals surface area contributed by atoms with Crippen molar-refractivity contribution in [1.82, 2.24) is 14.9 Å². The number of aliphatic hydroxyl groups is 1. The van der Waals surface area contributed by atoms with E-state index < -0.39 is 19.2 Å². The third kappa shape index (κ3) is 11.4. The van der Waals surface area contributed by atoms with Crippen molar-refractivity contribution in [2.45, 2.75) is 32.5 Å². The van der Waals surface area contributed by atoms with Crippen molar-refractivity contribution in [2.24, 2.45) is 0 Å². The number of benzene rings is 1. The summed E-state index contributed by atoms with van der Waals surface area (Å²) >= 11 is 0. The molecule has 7 nitrogen and oxygen atoms in total. The molecule has 3 rings (SSSR count). The quantitative estimate of drug-likeness (QED) is 0.648. The van der Waals surface area contributed by atoms with Crippen LogP contribution in [0.4, 0.5) is 40.9 Å². The highest BCUT2D eigenvalue weighted by molar-refractivity contribution is 5.91. The molecule has 32 heavy (non-hydrogen) atoms. The molecule has 2 aromatic rings. The smallest absolute Gasteiger partial charge is 0.406 e. The molecule has 1 amide bonds. The van der Waals surface area contributed by atoms with E-state index in [0.717, 1.165) is 26.4 Å². The number of carbonyl (C=O) groups is 1. The summed E-state index contributed by atoms with van der Waals surface area (Å²) in [6.45, 7) is 2.42. The second-order valence-electron chi connectivity index (χ2n) is 6.02. The molecule has 1 aliphatic heterocycles. The summed E-state index contributed by atoms with van der Waals surface area (Å²) < 4.78 is 91.0. The molecule has 2 heterocycles. The lowest BCUT2D eigenvalue weighted by molar-refractivity contribution is -0.295. The van der Waals surface area contributed by atoms with E-state index in [2.05, 4.69) is 20.0 Å². The van der Waals surface area contributed by atoms with Gasteiger partial charge in [-0.2, -0.15) is 0 Å². The van der Waals surface area contributed by atoms with Crippen LogP contribution in [0.25, 0.3) is 10.9 Å². The standard InChI is InChI=1S/C14H13F3N4O2.C2H4F2.CHF3O/c15-14(16,17)23-9-2-3-10-11(6-9)19-8-20-13(10)18-7-12(22)21-4-1-5-21;1-2(3)4;2-1(3,4)5/h2-3,6,8H,1,4-5,7H2,(H,18,19,20);2H,1H3;5H. The maximum atomic E-state index is 12.2. The van der Waals surface area contributed by atoms with E-state index in [1.165, 1.54) is 24.5 Å². The highest BCUT2D eigenvalue weighted by Crippen LogP contribution is 2.27. The summed E-state index contributed by atoms with van der Waals surface area (Å²) in [5, 5.41) is 9.93. The minimum absolute atomic E-state index is 0.0416. The number of hydrogen-bond acceptors (Lipinski definition) is 6. The molecule has 180 valence electrons. The van der Waals surface area contributed by atoms with E-state index in [-0.39, 0.29) is 18.2 Å². The molecular weight excluding hydrogens is 460 g/mol. The number of fused-ring (bicyclic) bond motifs is 1. The number of alkyl halides is 8. The van der Waals surface area contributed by atoms with Crippen LogP contribution < -0.4 is 10.1 Å². The van der Waals surface area contributed by atoms with Gasteiger partial charge in [0, 0.05) is 24.5 Å². The zero-order chi connectivity index (χ0) is 24.5. The highest BCUT2D eigenvalue weighted by atomic mass is 19.4. The molecule has 15 heteroatoms. The molecule has 0 spiro atoms. The lowest BCUT2D eigenvalue weighted by atomic mass is 10.2. The number of rotatable bonds is 4. The van der Waals surface area contributed by atoms with Crippen LogP contribution in [0.15, 0.2) is 24.5 Å². The van der Waals surface area contributed by atoms with Crippen LogP contribution in [0, 0.1) is 0 Å². The Balaban J connectivity index is 0.000000485. The molecule has 1 saturated heterocycles. The Morgan fingerprint density at radius 2 is 1.75 bits per heavy atom. The largest absolute Gasteiger partial charge is 0.573 e. The van der Waals surface area contributed by atoms with Crippen molar-refractivity contribution in [3.63, 3.8) is 0 Å². The molecular formula is C17H18F8N4O3. The Labute approximate surface area is 176 Å². The summed E-state index contributed by atoms with van der Waals surface area (Å²) in [6, 6.07) is 3.78. The lowest BCUT2D eigenvalue weighted by Gasteiger charge is -2.31. The molecule has 1 aromatic heterocycles. The number of carbonyl (C=O) groups excluding carboxylic acids is 1. The van der Waals surface area contributed by atoms with Crippen molar-refractivity contribution in [3.05, 3.63) is 24.5 Å². The Kier molecular flexibility index (Phi) is 9.80. The van der Waals surface area contributed by atoms with Crippen LogP contribution in [0.5, 0.6) is 5.75 Å². The van der Waals surface area contributed by atoms with Crippen LogP contribution in [0.1, 0.15) is 13.3 Å². The first-order valence-corrected chi connectivity index (χ1v) is 8.75. The molecule has 1 fully saturated rings. The van der Waals surface area contributed by atoms with Gasteiger partial charge in [-0.05, 0) is 25.5 Å². The zero-order valence-corrected chi connectivity index (χ0v) is 16.3. The number of ether oxygens (including phenoxy) is 1. The van der Waals surface area contributed by atoms with Crippen molar-refractivity contribution in [2.75, 3.05) is 25.0 Å². The molecule has 1 aromatic carbocycles. The molecule has 1 aliphatic rings. The lowest BCUT2D eigenvalue weighted by Crippen LogP contribution is -2.44. The average molecular weight is 478 g/mol. The van der Waals surface area contributed by atoms with Crippen LogP contribution >= 0.6 is 0 Å². The third-order valence-corrected chi connectivity index (χ3v) is 3.46. The van der Waals surface area contributed by atoms with Crippen LogP contribution in [0.3, 0.4) is 0 Å². The fraction of sp³-hybridized carbons (Fsp3) is 0.471. The van der Waals surface area contributed by atoms with Crippen molar-refractivity contribution in [3.8, 4) is 5.75 Å². The fourth-order valence-electron chi connectivity index (χ4n) is 2.21. The van der Waals surface area contributed by atoms with Gasteiger partial charge in [-0.25, -0.2) is 18.7 Å². The summed E-state index contributed by atoms with van der Waals surface area (Å²) in [5.41, 5.74) is 0.292. The number of nitrogens with one attached hydrogen (secondary N) is 1. The predicted molar refractivity (Wildman–Crippen MR) is 95.9 cm³/mol. The number of hydrogen-bond donors (Lipinski definition) is 2. The minimum atomic E-state index is -5.00. The van der Waals surface area contributed by atoms with Crippen molar-refractivity contribution >= 4 is 22.6 Å².